The first-order valence-corrected chi connectivity index (χ1v) is 6.17. The number of hydrogen-bond donors (Lipinski definition) is 1. The maximum atomic E-state index is 6.09. The van der Waals surface area contributed by atoms with E-state index in [1.807, 2.05) is 18.2 Å². The molecule has 0 radical (unpaired) electrons. The second-order valence-corrected chi connectivity index (χ2v) is 4.93. The molecule has 1 aliphatic rings. The summed E-state index contributed by atoms with van der Waals surface area (Å²) in [7, 11) is 1.73. The molecule has 0 bridgehead atoms. The standard InChI is InChI=1S/C13H15ClN2O/c1-8-6-15-7-12-13(17-2)10-4-3-9(14)5-11(10)16(8)12/h3-5,8,15H,6-7H2,1-2H3/t8-/m1/s1. The molecular weight excluding hydrogens is 236 g/mol. The van der Waals surface area contributed by atoms with E-state index < -0.39 is 0 Å². The Morgan fingerprint density at radius 2 is 2.29 bits per heavy atom. The Labute approximate surface area is 105 Å². The van der Waals surface area contributed by atoms with Gasteiger partial charge in [0.15, 0.2) is 0 Å². The lowest BCUT2D eigenvalue weighted by Gasteiger charge is -2.25. The molecule has 0 saturated carbocycles. The summed E-state index contributed by atoms with van der Waals surface area (Å²) >= 11 is 6.09. The molecule has 2 heterocycles. The van der Waals surface area contributed by atoms with Crippen LogP contribution in [0, 0.1) is 0 Å². The fourth-order valence-electron chi connectivity index (χ4n) is 2.69. The van der Waals surface area contributed by atoms with E-state index in [0.29, 0.717) is 6.04 Å². The molecule has 0 amide bonds. The van der Waals surface area contributed by atoms with Crippen molar-refractivity contribution in [3.05, 3.63) is 28.9 Å². The molecule has 0 fully saturated rings. The minimum absolute atomic E-state index is 0.420. The fraction of sp³-hybridized carbons (Fsp3) is 0.385. The van der Waals surface area contributed by atoms with Gasteiger partial charge >= 0.3 is 0 Å². The van der Waals surface area contributed by atoms with Gasteiger partial charge in [-0.05, 0) is 25.1 Å². The molecule has 2 aromatic rings. The quantitative estimate of drug-likeness (QED) is 0.842. The third-order valence-corrected chi connectivity index (χ3v) is 3.63. The van der Waals surface area contributed by atoms with Gasteiger partial charge in [0.25, 0.3) is 0 Å². The van der Waals surface area contributed by atoms with E-state index in [0.717, 1.165) is 29.2 Å². The van der Waals surface area contributed by atoms with Crippen LogP contribution in [0.5, 0.6) is 5.75 Å². The summed E-state index contributed by atoms with van der Waals surface area (Å²) in [5, 5.41) is 5.32. The topological polar surface area (TPSA) is 26.2 Å². The Bertz CT molecular complexity index is 576. The van der Waals surface area contributed by atoms with Gasteiger partial charge in [0, 0.05) is 29.5 Å². The third kappa shape index (κ3) is 1.53. The molecule has 1 atom stereocenters. The largest absolute Gasteiger partial charge is 0.494 e. The van der Waals surface area contributed by atoms with Gasteiger partial charge in [-0.15, -0.1) is 0 Å². The molecule has 3 nitrogen and oxygen atoms in total. The van der Waals surface area contributed by atoms with Crippen LogP contribution in [0.25, 0.3) is 10.9 Å². The number of fused-ring (bicyclic) bond motifs is 3. The number of aromatic nitrogens is 1. The Hall–Kier alpha value is -1.19. The number of nitrogens with zero attached hydrogens (tertiary/aromatic N) is 1. The Morgan fingerprint density at radius 3 is 3.06 bits per heavy atom. The highest BCUT2D eigenvalue weighted by Crippen LogP contribution is 2.37. The maximum absolute atomic E-state index is 6.09. The van der Waals surface area contributed by atoms with Gasteiger partial charge in [-0.25, -0.2) is 0 Å². The summed E-state index contributed by atoms with van der Waals surface area (Å²) in [6.07, 6.45) is 0. The summed E-state index contributed by atoms with van der Waals surface area (Å²) in [6.45, 7) is 4.03. The maximum Gasteiger partial charge on any atom is 0.148 e. The zero-order valence-corrected chi connectivity index (χ0v) is 10.7. The number of rotatable bonds is 1. The normalized spacial score (nSPS) is 19.4. The Kier molecular flexibility index (Phi) is 2.53. The van der Waals surface area contributed by atoms with Crippen LogP contribution in [0.2, 0.25) is 5.02 Å². The van der Waals surface area contributed by atoms with E-state index in [9.17, 15) is 0 Å². The smallest absolute Gasteiger partial charge is 0.148 e. The summed E-state index contributed by atoms with van der Waals surface area (Å²) in [6, 6.07) is 6.39. The Morgan fingerprint density at radius 1 is 1.47 bits per heavy atom. The first-order chi connectivity index (χ1) is 8.22. The van der Waals surface area contributed by atoms with Crippen LogP contribution in [-0.4, -0.2) is 18.2 Å². The molecule has 1 aliphatic heterocycles. The molecule has 90 valence electrons. The van der Waals surface area contributed by atoms with E-state index in [4.69, 9.17) is 16.3 Å². The predicted octanol–water partition coefficient (Wildman–Crippen LogP) is 2.97. The molecule has 1 N–H and O–H groups in total. The van der Waals surface area contributed by atoms with Crippen molar-refractivity contribution in [3.8, 4) is 5.75 Å². The fourth-order valence-corrected chi connectivity index (χ4v) is 2.86. The number of methoxy groups -OCH3 is 1. The van der Waals surface area contributed by atoms with Crippen LogP contribution in [0.1, 0.15) is 18.7 Å². The molecule has 0 spiro atoms. The summed E-state index contributed by atoms with van der Waals surface area (Å²) in [4.78, 5) is 0. The summed E-state index contributed by atoms with van der Waals surface area (Å²) < 4.78 is 7.88. The van der Waals surface area contributed by atoms with Crippen LogP contribution in [-0.2, 0) is 6.54 Å². The highest BCUT2D eigenvalue weighted by Gasteiger charge is 2.24. The van der Waals surface area contributed by atoms with Gasteiger partial charge in [0.1, 0.15) is 5.75 Å². The van der Waals surface area contributed by atoms with Crippen molar-refractivity contribution in [1.82, 2.24) is 9.88 Å². The Balaban J connectivity index is 2.39. The van der Waals surface area contributed by atoms with Crippen LogP contribution in [0.3, 0.4) is 0 Å². The van der Waals surface area contributed by atoms with Crippen molar-refractivity contribution in [2.75, 3.05) is 13.7 Å². The summed E-state index contributed by atoms with van der Waals surface area (Å²) in [5.74, 6) is 0.968. The first-order valence-electron chi connectivity index (χ1n) is 5.79. The molecule has 0 aliphatic carbocycles. The minimum atomic E-state index is 0.420. The van der Waals surface area contributed by atoms with Crippen molar-refractivity contribution < 1.29 is 4.74 Å². The van der Waals surface area contributed by atoms with Gasteiger partial charge in [-0.1, -0.05) is 11.6 Å². The number of hydrogen-bond acceptors (Lipinski definition) is 2. The van der Waals surface area contributed by atoms with Crippen LogP contribution < -0.4 is 10.1 Å². The van der Waals surface area contributed by atoms with Crippen LogP contribution in [0.4, 0.5) is 0 Å². The van der Waals surface area contributed by atoms with Gasteiger partial charge in [0.2, 0.25) is 0 Å². The lowest BCUT2D eigenvalue weighted by Crippen LogP contribution is -2.31. The average Bonchev–Trinajstić information content (AvgIpc) is 2.63. The number of nitrogens with one attached hydrogen (secondary N) is 1. The molecule has 17 heavy (non-hydrogen) atoms. The molecular formula is C13H15ClN2O. The second kappa shape index (κ2) is 3.93. The van der Waals surface area contributed by atoms with Crippen molar-refractivity contribution in [1.29, 1.82) is 0 Å². The zero-order valence-electron chi connectivity index (χ0n) is 9.96. The molecule has 1 aromatic heterocycles. The minimum Gasteiger partial charge on any atom is -0.494 e. The second-order valence-electron chi connectivity index (χ2n) is 4.49. The average molecular weight is 251 g/mol. The molecule has 4 heteroatoms. The molecule has 0 saturated heterocycles. The first kappa shape index (κ1) is 10.9. The lowest BCUT2D eigenvalue weighted by molar-refractivity contribution is 0.384. The molecule has 0 unspecified atom stereocenters. The van der Waals surface area contributed by atoms with E-state index in [2.05, 4.69) is 16.8 Å². The highest BCUT2D eigenvalue weighted by atomic mass is 35.5. The van der Waals surface area contributed by atoms with Gasteiger partial charge in [0.05, 0.1) is 18.3 Å². The lowest BCUT2D eigenvalue weighted by atomic mass is 10.2. The van der Waals surface area contributed by atoms with Crippen molar-refractivity contribution in [2.45, 2.75) is 19.5 Å². The number of halogens is 1. The third-order valence-electron chi connectivity index (χ3n) is 3.39. The molecule has 1 aromatic carbocycles. The van der Waals surface area contributed by atoms with Gasteiger partial charge < -0.3 is 14.6 Å². The number of benzene rings is 1. The summed E-state index contributed by atoms with van der Waals surface area (Å²) in [5.41, 5.74) is 2.38. The van der Waals surface area contributed by atoms with Crippen LogP contribution >= 0.6 is 11.6 Å². The van der Waals surface area contributed by atoms with Crippen molar-refractivity contribution in [3.63, 3.8) is 0 Å². The molecule has 3 rings (SSSR count). The van der Waals surface area contributed by atoms with Gasteiger partial charge in [-0.2, -0.15) is 0 Å². The van der Waals surface area contributed by atoms with E-state index in [1.165, 1.54) is 11.2 Å². The number of ether oxygens (including phenoxy) is 1. The predicted molar refractivity (Wildman–Crippen MR) is 69.9 cm³/mol. The van der Waals surface area contributed by atoms with Crippen LogP contribution in [0.15, 0.2) is 18.2 Å². The van der Waals surface area contributed by atoms with E-state index in [1.54, 1.807) is 7.11 Å². The van der Waals surface area contributed by atoms with Crippen molar-refractivity contribution >= 4 is 22.5 Å². The monoisotopic (exact) mass is 250 g/mol. The van der Waals surface area contributed by atoms with E-state index >= 15 is 0 Å². The van der Waals surface area contributed by atoms with Crippen molar-refractivity contribution in [2.24, 2.45) is 0 Å². The SMILES string of the molecule is COc1c2n(c3cc(Cl)ccc13)[C@H](C)CNC2. The zero-order chi connectivity index (χ0) is 12.0. The van der Waals surface area contributed by atoms with E-state index in [-0.39, 0.29) is 0 Å². The highest BCUT2D eigenvalue weighted by molar-refractivity contribution is 6.31. The van der Waals surface area contributed by atoms with Gasteiger partial charge in [-0.3, -0.25) is 0 Å².